The Bertz CT molecular complexity index is 1220. The summed E-state index contributed by atoms with van der Waals surface area (Å²) in [7, 11) is 0. The average Bonchev–Trinajstić information content (AvgIpc) is 2.93. The highest BCUT2D eigenvalue weighted by molar-refractivity contribution is 5.97. The highest BCUT2D eigenvalue weighted by atomic mass is 16.4. The van der Waals surface area contributed by atoms with Gasteiger partial charge in [0.05, 0.1) is 12.5 Å². The van der Waals surface area contributed by atoms with Crippen LogP contribution in [-0.4, -0.2) is 87.9 Å². The summed E-state index contributed by atoms with van der Waals surface area (Å²) in [5.74, 6) is -6.41. The number of carboxylic acid groups (broad SMARTS) is 1. The van der Waals surface area contributed by atoms with Crippen LogP contribution in [0.4, 0.5) is 0 Å². The summed E-state index contributed by atoms with van der Waals surface area (Å²) in [6.45, 7) is 9.71. The van der Waals surface area contributed by atoms with Crippen LogP contribution in [0.5, 0.6) is 0 Å². The van der Waals surface area contributed by atoms with Gasteiger partial charge in [0.15, 0.2) is 0 Å². The number of carbonyl (C=O) groups is 7. The molecule has 1 aromatic rings. The van der Waals surface area contributed by atoms with Gasteiger partial charge in [0.2, 0.25) is 35.4 Å². The smallest absolute Gasteiger partial charge is 0.326 e. The number of rotatable bonds is 19. The fraction of sp³-hybridized carbons (Fsp3) is 0.581. The maximum absolute atomic E-state index is 13.4. The van der Waals surface area contributed by atoms with Gasteiger partial charge >= 0.3 is 5.97 Å². The largest absolute Gasteiger partial charge is 0.480 e. The van der Waals surface area contributed by atoms with Gasteiger partial charge in [0.25, 0.3) is 0 Å². The zero-order valence-electron chi connectivity index (χ0n) is 27.2. The maximum atomic E-state index is 13.4. The molecule has 0 unspecified atom stereocenters. The van der Waals surface area contributed by atoms with Gasteiger partial charge in [0.1, 0.15) is 30.2 Å². The van der Waals surface area contributed by atoms with E-state index in [4.69, 9.17) is 5.73 Å². The highest BCUT2D eigenvalue weighted by Crippen LogP contribution is 2.10. The Hall–Kier alpha value is -4.53. The van der Waals surface area contributed by atoms with Gasteiger partial charge in [-0.3, -0.25) is 28.8 Å². The highest BCUT2D eigenvalue weighted by Gasteiger charge is 2.34. The summed E-state index contributed by atoms with van der Waals surface area (Å²) in [6, 6.07) is 1.76. The van der Waals surface area contributed by atoms with Gasteiger partial charge in [-0.1, -0.05) is 58.0 Å². The Labute approximate surface area is 268 Å². The summed E-state index contributed by atoms with van der Waals surface area (Å²) >= 11 is 0. The second-order valence-corrected chi connectivity index (χ2v) is 12.1. The third kappa shape index (κ3) is 14.5. The van der Waals surface area contributed by atoms with Crippen LogP contribution in [0.3, 0.4) is 0 Å². The van der Waals surface area contributed by atoms with Gasteiger partial charge in [-0.05, 0) is 37.2 Å². The molecule has 9 N–H and O–H groups in total. The predicted octanol–water partition coefficient (Wildman–Crippen LogP) is -0.894. The molecule has 46 heavy (non-hydrogen) atoms. The number of nitrogens with two attached hydrogens (primary N) is 1. The van der Waals surface area contributed by atoms with Crippen LogP contribution in [-0.2, 0) is 40.0 Å². The van der Waals surface area contributed by atoms with Gasteiger partial charge in [-0.15, -0.1) is 0 Å². The van der Waals surface area contributed by atoms with E-state index >= 15 is 0 Å². The first-order chi connectivity index (χ1) is 21.4. The molecule has 0 aliphatic rings. The first-order valence-electron chi connectivity index (χ1n) is 15.1. The molecule has 0 aromatic heterocycles. The van der Waals surface area contributed by atoms with Gasteiger partial charge < -0.3 is 42.5 Å². The molecular weight excluding hydrogens is 600 g/mol. The minimum atomic E-state index is -1.57. The van der Waals surface area contributed by atoms with Gasteiger partial charge in [-0.2, -0.15) is 0 Å². The molecule has 0 bridgehead atoms. The van der Waals surface area contributed by atoms with Crippen molar-refractivity contribution in [3.63, 3.8) is 0 Å². The number of nitrogens with one attached hydrogen (secondary N) is 5. The first kappa shape index (κ1) is 39.5. The second kappa shape index (κ2) is 19.1. The molecule has 0 heterocycles. The van der Waals surface area contributed by atoms with E-state index in [1.165, 1.54) is 13.8 Å². The number of carboxylic acids is 1. The molecule has 0 aliphatic heterocycles. The number of aliphatic hydroxyl groups is 1. The van der Waals surface area contributed by atoms with Crippen molar-refractivity contribution in [1.82, 2.24) is 26.6 Å². The zero-order chi connectivity index (χ0) is 35.1. The van der Waals surface area contributed by atoms with E-state index in [0.717, 1.165) is 0 Å². The molecule has 0 saturated heterocycles. The summed E-state index contributed by atoms with van der Waals surface area (Å²) < 4.78 is 0. The fourth-order valence-corrected chi connectivity index (χ4v) is 4.58. The van der Waals surface area contributed by atoms with E-state index in [9.17, 15) is 43.8 Å². The molecule has 0 aliphatic carbocycles. The maximum Gasteiger partial charge on any atom is 0.326 e. The Balaban J connectivity index is 3.16. The molecule has 0 spiro atoms. The summed E-state index contributed by atoms with van der Waals surface area (Å²) in [5.41, 5.74) is 5.93. The number of hydrogen-bond acceptors (Lipinski definition) is 8. The molecule has 6 atom stereocenters. The molecule has 0 saturated carbocycles. The molecule has 0 fully saturated rings. The lowest BCUT2D eigenvalue weighted by Gasteiger charge is -2.28. The standard InChI is InChI=1S/C31H48N6O9/c1-16(2)12-21(33-19(6)39)29(43)37-26(18(5)38)30(44)35-22(13-17(3)4)27(41)34-23(15-25(32)40)28(42)36-24(31(45)46)14-20-10-8-7-9-11-20/h7-11,16-18,21-24,26,38H,12-15H2,1-6H3,(H2,32,40)(H,33,39)(H,34,41)(H,35,44)(H,36,42)(H,37,43)(H,45,46)/t18-,21+,22+,23+,24+,26+/m1/s1. The van der Waals surface area contributed by atoms with Crippen LogP contribution in [0.1, 0.15) is 66.4 Å². The second-order valence-electron chi connectivity index (χ2n) is 12.1. The van der Waals surface area contributed by atoms with E-state index in [-0.39, 0.29) is 31.1 Å². The van der Waals surface area contributed by atoms with Gasteiger partial charge in [-0.25, -0.2) is 4.79 Å². The molecule has 1 aromatic carbocycles. The van der Waals surface area contributed by atoms with Crippen molar-refractivity contribution < 1.29 is 43.8 Å². The third-order valence-electron chi connectivity index (χ3n) is 6.74. The van der Waals surface area contributed by atoms with E-state index in [0.29, 0.717) is 5.56 Å². The minimum absolute atomic E-state index is 0.00945. The lowest BCUT2D eigenvalue weighted by molar-refractivity contribution is -0.142. The number of hydrogen-bond donors (Lipinski definition) is 8. The fourth-order valence-electron chi connectivity index (χ4n) is 4.58. The monoisotopic (exact) mass is 648 g/mol. The first-order valence-corrected chi connectivity index (χ1v) is 15.1. The van der Waals surface area contributed by atoms with E-state index in [2.05, 4.69) is 26.6 Å². The lowest BCUT2D eigenvalue weighted by Crippen LogP contribution is -2.61. The molecule has 0 radical (unpaired) electrons. The van der Waals surface area contributed by atoms with E-state index < -0.39 is 84.1 Å². The van der Waals surface area contributed by atoms with Crippen molar-refractivity contribution in [3.05, 3.63) is 35.9 Å². The van der Waals surface area contributed by atoms with Gasteiger partial charge in [0, 0.05) is 13.3 Å². The number of amides is 6. The molecular formula is C31H48N6O9. The third-order valence-corrected chi connectivity index (χ3v) is 6.74. The Morgan fingerprint density at radius 2 is 1.13 bits per heavy atom. The number of aliphatic carboxylic acids is 1. The van der Waals surface area contributed by atoms with Crippen LogP contribution in [0.15, 0.2) is 30.3 Å². The Morgan fingerprint density at radius 3 is 1.59 bits per heavy atom. The Kier molecular flexibility index (Phi) is 16.4. The van der Waals surface area contributed by atoms with Crippen molar-refractivity contribution in [2.24, 2.45) is 17.6 Å². The summed E-state index contributed by atoms with van der Waals surface area (Å²) in [6.07, 6.45) is -1.83. The van der Waals surface area contributed by atoms with Crippen LogP contribution in [0.2, 0.25) is 0 Å². The normalized spacial score (nSPS) is 15.0. The number of carbonyl (C=O) groups excluding carboxylic acids is 6. The summed E-state index contributed by atoms with van der Waals surface area (Å²) in [4.78, 5) is 88.2. The van der Waals surface area contributed by atoms with Crippen molar-refractivity contribution >= 4 is 41.4 Å². The summed E-state index contributed by atoms with van der Waals surface area (Å²) in [5, 5.41) is 32.2. The molecule has 15 nitrogen and oxygen atoms in total. The zero-order valence-corrected chi connectivity index (χ0v) is 27.2. The topological polar surface area (TPSA) is 246 Å². The number of benzene rings is 1. The Morgan fingerprint density at radius 1 is 0.674 bits per heavy atom. The number of primary amides is 1. The van der Waals surface area contributed by atoms with Crippen LogP contribution >= 0.6 is 0 Å². The lowest BCUT2D eigenvalue weighted by atomic mass is 10.0. The van der Waals surface area contributed by atoms with E-state index in [1.54, 1.807) is 44.2 Å². The minimum Gasteiger partial charge on any atom is -0.480 e. The molecule has 15 heteroatoms. The molecule has 6 amide bonds. The quantitative estimate of drug-likeness (QED) is 0.0925. The SMILES string of the molecule is CC(=O)N[C@@H](CC(C)C)C(=O)N[C@H](C(=O)N[C@@H](CC(C)C)C(=O)N[C@@H](CC(N)=O)C(=O)N[C@@H](Cc1ccccc1)C(=O)O)[C@@H](C)O. The predicted molar refractivity (Wildman–Crippen MR) is 168 cm³/mol. The van der Waals surface area contributed by atoms with Crippen molar-refractivity contribution in [1.29, 1.82) is 0 Å². The van der Waals surface area contributed by atoms with Crippen LogP contribution in [0, 0.1) is 11.8 Å². The average molecular weight is 649 g/mol. The molecule has 256 valence electrons. The van der Waals surface area contributed by atoms with Crippen LogP contribution in [0.25, 0.3) is 0 Å². The van der Waals surface area contributed by atoms with Crippen molar-refractivity contribution in [3.8, 4) is 0 Å². The number of aliphatic hydroxyl groups excluding tert-OH is 1. The van der Waals surface area contributed by atoms with Crippen LogP contribution < -0.4 is 32.3 Å². The van der Waals surface area contributed by atoms with E-state index in [1.807, 2.05) is 13.8 Å². The van der Waals surface area contributed by atoms with Crippen molar-refractivity contribution in [2.75, 3.05) is 0 Å². The molecule has 1 rings (SSSR count). The van der Waals surface area contributed by atoms with Crippen molar-refractivity contribution in [2.45, 2.75) is 104 Å².